The van der Waals surface area contributed by atoms with Crippen LogP contribution < -0.4 is 5.32 Å². The summed E-state index contributed by atoms with van der Waals surface area (Å²) in [5.74, 6) is -0.0901. The van der Waals surface area contributed by atoms with Gasteiger partial charge in [-0.25, -0.2) is 4.98 Å². The van der Waals surface area contributed by atoms with Gasteiger partial charge >= 0.3 is 0 Å². The van der Waals surface area contributed by atoms with Crippen LogP contribution in [0.1, 0.15) is 30.1 Å². The number of hydrogen-bond acceptors (Lipinski definition) is 4. The minimum Gasteiger partial charge on any atom is -0.396 e. The van der Waals surface area contributed by atoms with E-state index in [0.717, 1.165) is 17.3 Å². The van der Waals surface area contributed by atoms with Gasteiger partial charge in [0, 0.05) is 36.3 Å². The van der Waals surface area contributed by atoms with Gasteiger partial charge in [-0.1, -0.05) is 11.8 Å². The summed E-state index contributed by atoms with van der Waals surface area (Å²) in [7, 11) is 0. The standard InChI is InChI=1S/C16H21N3O2S/c1-12(4-3-11-20)18-15(21)13-5-7-14(8-6-13)19-10-9-17-16(19)22-2/h5-10,12,20H,3-4,11H2,1-2H3,(H,18,21). The number of benzene rings is 1. The van der Waals surface area contributed by atoms with E-state index in [4.69, 9.17) is 5.11 Å². The van der Waals surface area contributed by atoms with Gasteiger partial charge in [0.1, 0.15) is 0 Å². The molecule has 1 aromatic carbocycles. The molecular weight excluding hydrogens is 298 g/mol. The number of carbonyl (C=O) groups is 1. The van der Waals surface area contributed by atoms with Crippen molar-refractivity contribution < 1.29 is 9.90 Å². The Balaban J connectivity index is 2.04. The van der Waals surface area contributed by atoms with Crippen LogP contribution in [-0.4, -0.2) is 39.5 Å². The first kappa shape index (κ1) is 16.6. The van der Waals surface area contributed by atoms with Crippen molar-refractivity contribution in [2.45, 2.75) is 31.0 Å². The minimum absolute atomic E-state index is 0.0519. The van der Waals surface area contributed by atoms with E-state index in [1.54, 1.807) is 18.0 Å². The molecule has 0 spiro atoms. The molecule has 1 unspecified atom stereocenters. The molecule has 6 heteroatoms. The zero-order valence-electron chi connectivity index (χ0n) is 12.8. The normalized spacial score (nSPS) is 12.1. The third-order valence-corrected chi connectivity index (χ3v) is 4.04. The molecular formula is C16H21N3O2S. The largest absolute Gasteiger partial charge is 0.396 e. The van der Waals surface area contributed by atoms with Gasteiger partial charge in [0.15, 0.2) is 5.16 Å². The molecule has 0 aliphatic rings. The summed E-state index contributed by atoms with van der Waals surface area (Å²) < 4.78 is 1.98. The van der Waals surface area contributed by atoms with Crippen molar-refractivity contribution in [3.63, 3.8) is 0 Å². The summed E-state index contributed by atoms with van der Waals surface area (Å²) in [4.78, 5) is 16.4. The van der Waals surface area contributed by atoms with Gasteiger partial charge in [-0.15, -0.1) is 0 Å². The number of nitrogens with zero attached hydrogens (tertiary/aromatic N) is 2. The van der Waals surface area contributed by atoms with E-state index < -0.39 is 0 Å². The summed E-state index contributed by atoms with van der Waals surface area (Å²) >= 11 is 1.58. The van der Waals surface area contributed by atoms with Gasteiger partial charge in [0.25, 0.3) is 5.91 Å². The van der Waals surface area contributed by atoms with Crippen LogP contribution in [0, 0.1) is 0 Å². The zero-order valence-corrected chi connectivity index (χ0v) is 13.6. The number of aromatic nitrogens is 2. The summed E-state index contributed by atoms with van der Waals surface area (Å²) in [5, 5.41) is 12.7. The van der Waals surface area contributed by atoms with Gasteiger partial charge in [-0.2, -0.15) is 0 Å². The third kappa shape index (κ3) is 4.11. The van der Waals surface area contributed by atoms with Crippen LogP contribution in [0.15, 0.2) is 41.8 Å². The summed E-state index contributed by atoms with van der Waals surface area (Å²) in [5.41, 5.74) is 1.61. The van der Waals surface area contributed by atoms with Crippen LogP contribution >= 0.6 is 11.8 Å². The smallest absolute Gasteiger partial charge is 0.251 e. The number of amides is 1. The third-order valence-electron chi connectivity index (χ3n) is 3.37. The van der Waals surface area contributed by atoms with E-state index in [2.05, 4.69) is 10.3 Å². The molecule has 0 saturated carbocycles. The Morgan fingerprint density at radius 3 is 2.77 bits per heavy atom. The van der Waals surface area contributed by atoms with Crippen molar-refractivity contribution in [2.24, 2.45) is 0 Å². The Morgan fingerprint density at radius 2 is 2.14 bits per heavy atom. The highest BCUT2D eigenvalue weighted by Crippen LogP contribution is 2.18. The second-order valence-electron chi connectivity index (χ2n) is 5.07. The molecule has 2 aromatic rings. The average molecular weight is 319 g/mol. The molecule has 5 nitrogen and oxygen atoms in total. The number of hydrogen-bond donors (Lipinski definition) is 2. The Morgan fingerprint density at radius 1 is 1.41 bits per heavy atom. The lowest BCUT2D eigenvalue weighted by molar-refractivity contribution is 0.0936. The zero-order chi connectivity index (χ0) is 15.9. The summed E-state index contributed by atoms with van der Waals surface area (Å²) in [6, 6.07) is 7.50. The van der Waals surface area contributed by atoms with Crippen molar-refractivity contribution in [1.82, 2.24) is 14.9 Å². The highest BCUT2D eigenvalue weighted by atomic mass is 32.2. The monoisotopic (exact) mass is 319 g/mol. The quantitative estimate of drug-likeness (QED) is 0.770. The number of nitrogens with one attached hydrogen (secondary N) is 1. The maximum absolute atomic E-state index is 12.1. The molecule has 2 N–H and O–H groups in total. The first-order valence-electron chi connectivity index (χ1n) is 7.25. The first-order valence-corrected chi connectivity index (χ1v) is 8.47. The SMILES string of the molecule is CSc1nccn1-c1ccc(C(=O)NC(C)CCCO)cc1. The summed E-state index contributed by atoms with van der Waals surface area (Å²) in [6.07, 6.45) is 7.10. The molecule has 0 radical (unpaired) electrons. The van der Waals surface area contributed by atoms with Crippen molar-refractivity contribution >= 4 is 17.7 Å². The molecule has 1 atom stereocenters. The highest BCUT2D eigenvalue weighted by Gasteiger charge is 2.10. The van der Waals surface area contributed by atoms with Crippen LogP contribution in [0.3, 0.4) is 0 Å². The van der Waals surface area contributed by atoms with Crippen molar-refractivity contribution in [3.05, 3.63) is 42.2 Å². The van der Waals surface area contributed by atoms with Crippen molar-refractivity contribution in [1.29, 1.82) is 0 Å². The lowest BCUT2D eigenvalue weighted by Gasteiger charge is -2.13. The number of aliphatic hydroxyl groups is 1. The van der Waals surface area contributed by atoms with E-state index in [-0.39, 0.29) is 18.6 Å². The van der Waals surface area contributed by atoms with Gasteiger partial charge < -0.3 is 10.4 Å². The van der Waals surface area contributed by atoms with Crippen LogP contribution in [0.4, 0.5) is 0 Å². The number of imidazole rings is 1. The second-order valence-corrected chi connectivity index (χ2v) is 5.84. The molecule has 2 rings (SSSR count). The molecule has 0 aliphatic heterocycles. The van der Waals surface area contributed by atoms with E-state index >= 15 is 0 Å². The number of thioether (sulfide) groups is 1. The van der Waals surface area contributed by atoms with E-state index in [9.17, 15) is 4.79 Å². The fourth-order valence-corrected chi connectivity index (χ4v) is 2.72. The Hall–Kier alpha value is -1.79. The number of carbonyl (C=O) groups excluding carboxylic acids is 1. The van der Waals surface area contributed by atoms with Gasteiger partial charge in [0.2, 0.25) is 0 Å². The van der Waals surface area contributed by atoms with Gasteiger partial charge in [-0.3, -0.25) is 9.36 Å². The maximum atomic E-state index is 12.1. The lowest BCUT2D eigenvalue weighted by atomic mass is 10.1. The van der Waals surface area contributed by atoms with Gasteiger partial charge in [0.05, 0.1) is 0 Å². The molecule has 0 saturated heterocycles. The van der Waals surface area contributed by atoms with Crippen molar-refractivity contribution in [3.8, 4) is 5.69 Å². The Labute approximate surface area is 134 Å². The fourth-order valence-electron chi connectivity index (χ4n) is 2.19. The van der Waals surface area contributed by atoms with Crippen LogP contribution in [0.2, 0.25) is 0 Å². The molecule has 118 valence electrons. The fraction of sp³-hybridized carbons (Fsp3) is 0.375. The molecule has 0 fully saturated rings. The predicted octanol–water partition coefficient (Wildman–Crippen LogP) is 2.49. The molecule has 0 aliphatic carbocycles. The molecule has 1 heterocycles. The first-order chi connectivity index (χ1) is 10.7. The Kier molecular flexibility index (Phi) is 6.03. The number of aliphatic hydroxyl groups excluding tert-OH is 1. The summed E-state index contributed by atoms with van der Waals surface area (Å²) in [6.45, 7) is 2.09. The molecule has 22 heavy (non-hydrogen) atoms. The predicted molar refractivity (Wildman–Crippen MR) is 88.6 cm³/mol. The Bertz CT molecular complexity index is 610. The van der Waals surface area contributed by atoms with Gasteiger partial charge in [-0.05, 0) is 50.3 Å². The van der Waals surface area contributed by atoms with Crippen molar-refractivity contribution in [2.75, 3.05) is 12.9 Å². The number of rotatable bonds is 7. The van der Waals surface area contributed by atoms with E-state index in [1.165, 1.54) is 0 Å². The maximum Gasteiger partial charge on any atom is 0.251 e. The minimum atomic E-state index is -0.0901. The lowest BCUT2D eigenvalue weighted by Crippen LogP contribution is -2.32. The van der Waals surface area contributed by atoms with Crippen LogP contribution in [0.25, 0.3) is 5.69 Å². The average Bonchev–Trinajstić information content (AvgIpc) is 3.01. The van der Waals surface area contributed by atoms with Crippen LogP contribution in [-0.2, 0) is 0 Å². The van der Waals surface area contributed by atoms with E-state index in [1.807, 2.05) is 48.2 Å². The van der Waals surface area contributed by atoms with E-state index in [0.29, 0.717) is 12.0 Å². The van der Waals surface area contributed by atoms with Crippen LogP contribution in [0.5, 0.6) is 0 Å². The second kappa shape index (κ2) is 8.00. The topological polar surface area (TPSA) is 67.2 Å². The highest BCUT2D eigenvalue weighted by molar-refractivity contribution is 7.98. The molecule has 1 aromatic heterocycles. The molecule has 0 bridgehead atoms. The molecule has 1 amide bonds.